The lowest BCUT2D eigenvalue weighted by atomic mass is 9.96. The minimum absolute atomic E-state index is 0.0813. The van der Waals surface area contributed by atoms with E-state index in [1.54, 1.807) is 12.4 Å². The molecule has 1 amide bonds. The molecule has 5 aromatic rings. The first kappa shape index (κ1) is 24.5. The predicted octanol–water partition coefficient (Wildman–Crippen LogP) is 5.17. The average molecular weight is 516 g/mol. The number of aromatic nitrogens is 5. The summed E-state index contributed by atoms with van der Waals surface area (Å²) in [7, 11) is 0. The maximum absolute atomic E-state index is 13.9. The lowest BCUT2D eigenvalue weighted by Crippen LogP contribution is -2.45. The second kappa shape index (κ2) is 11.3. The number of carbonyl (C=O) groups excluding carboxylic acids is 1. The van der Waals surface area contributed by atoms with E-state index in [1.165, 1.54) is 0 Å². The standard InChI is InChI=1S/C31H29N7O/c39-31(38(27-15-7-8-18-32-27)22-24-10-3-1-4-11-24)26-14-9-20-36(23-26)28-16-17-29(35-34-28)37-21-19-33-30(37)25-12-5-2-6-13-25/h1-8,10-13,15-19,21,26H,9,14,20,22-23H2. The molecule has 8 nitrogen and oxygen atoms in total. The highest BCUT2D eigenvalue weighted by Gasteiger charge is 2.31. The molecule has 4 heterocycles. The van der Waals surface area contributed by atoms with Crippen LogP contribution in [0.1, 0.15) is 18.4 Å². The summed E-state index contributed by atoms with van der Waals surface area (Å²) in [5.74, 6) is 2.87. The van der Waals surface area contributed by atoms with Crippen molar-refractivity contribution in [3.05, 3.63) is 115 Å². The Hall–Kier alpha value is -4.85. The summed E-state index contributed by atoms with van der Waals surface area (Å²) in [5.41, 5.74) is 2.08. The van der Waals surface area contributed by atoms with E-state index in [0.29, 0.717) is 24.7 Å². The Morgan fingerprint density at radius 2 is 1.56 bits per heavy atom. The third kappa shape index (κ3) is 5.40. The highest BCUT2D eigenvalue weighted by Crippen LogP contribution is 2.27. The van der Waals surface area contributed by atoms with Gasteiger partial charge in [-0.2, -0.15) is 0 Å². The molecule has 1 atom stereocenters. The largest absolute Gasteiger partial charge is 0.354 e. The molecule has 1 unspecified atom stereocenters. The summed E-state index contributed by atoms with van der Waals surface area (Å²) >= 11 is 0. The third-order valence-corrected chi connectivity index (χ3v) is 7.03. The molecule has 1 aliphatic heterocycles. The van der Waals surface area contributed by atoms with Crippen LogP contribution in [0, 0.1) is 5.92 Å². The monoisotopic (exact) mass is 515 g/mol. The number of rotatable bonds is 7. The number of pyridine rings is 1. The maximum atomic E-state index is 13.9. The molecule has 0 bridgehead atoms. The van der Waals surface area contributed by atoms with Gasteiger partial charge in [0.15, 0.2) is 11.6 Å². The van der Waals surface area contributed by atoms with Crippen molar-refractivity contribution >= 4 is 17.5 Å². The molecule has 3 aromatic heterocycles. The molecular formula is C31H29N7O. The van der Waals surface area contributed by atoms with E-state index in [2.05, 4.69) is 25.1 Å². The number of hydrogen-bond acceptors (Lipinski definition) is 6. The Morgan fingerprint density at radius 3 is 2.31 bits per heavy atom. The van der Waals surface area contributed by atoms with Gasteiger partial charge in [0, 0.05) is 37.2 Å². The summed E-state index contributed by atoms with van der Waals surface area (Å²) in [6, 6.07) is 29.7. The lowest BCUT2D eigenvalue weighted by Gasteiger charge is -2.35. The van der Waals surface area contributed by atoms with Crippen molar-refractivity contribution in [2.75, 3.05) is 22.9 Å². The van der Waals surface area contributed by atoms with E-state index < -0.39 is 0 Å². The van der Waals surface area contributed by atoms with E-state index in [0.717, 1.165) is 42.2 Å². The highest BCUT2D eigenvalue weighted by molar-refractivity contribution is 5.94. The normalized spacial score (nSPS) is 15.2. The average Bonchev–Trinajstić information content (AvgIpc) is 3.51. The Morgan fingerprint density at radius 1 is 0.821 bits per heavy atom. The van der Waals surface area contributed by atoms with Crippen LogP contribution in [0.4, 0.5) is 11.6 Å². The molecule has 0 spiro atoms. The van der Waals surface area contributed by atoms with Gasteiger partial charge in [-0.1, -0.05) is 66.7 Å². The second-order valence-electron chi connectivity index (χ2n) is 9.62. The van der Waals surface area contributed by atoms with Crippen molar-refractivity contribution < 1.29 is 4.79 Å². The van der Waals surface area contributed by atoms with Crippen LogP contribution < -0.4 is 9.80 Å². The summed E-state index contributed by atoms with van der Waals surface area (Å²) in [4.78, 5) is 26.8. The van der Waals surface area contributed by atoms with Crippen LogP contribution in [-0.4, -0.2) is 43.7 Å². The zero-order valence-electron chi connectivity index (χ0n) is 21.5. The number of piperidine rings is 1. The van der Waals surface area contributed by atoms with Gasteiger partial charge in [0.1, 0.15) is 11.6 Å². The quantitative estimate of drug-likeness (QED) is 0.297. The number of carbonyl (C=O) groups is 1. The summed E-state index contributed by atoms with van der Waals surface area (Å²) in [6.07, 6.45) is 7.12. The summed E-state index contributed by atoms with van der Waals surface area (Å²) in [6.45, 7) is 1.90. The van der Waals surface area contributed by atoms with Crippen LogP contribution in [0.2, 0.25) is 0 Å². The van der Waals surface area contributed by atoms with Gasteiger partial charge in [0.25, 0.3) is 0 Å². The fraction of sp³-hybridized carbons (Fsp3) is 0.194. The summed E-state index contributed by atoms with van der Waals surface area (Å²) in [5, 5.41) is 9.06. The molecule has 0 radical (unpaired) electrons. The second-order valence-corrected chi connectivity index (χ2v) is 9.62. The molecule has 1 saturated heterocycles. The van der Waals surface area contributed by atoms with Gasteiger partial charge >= 0.3 is 0 Å². The van der Waals surface area contributed by atoms with Crippen molar-refractivity contribution in [3.8, 4) is 17.2 Å². The number of benzene rings is 2. The van der Waals surface area contributed by atoms with Gasteiger partial charge in [0.2, 0.25) is 5.91 Å². The number of anilines is 2. The first-order valence-corrected chi connectivity index (χ1v) is 13.2. The Labute approximate surface area is 227 Å². The number of imidazole rings is 1. The smallest absolute Gasteiger partial charge is 0.233 e. The van der Waals surface area contributed by atoms with Crippen molar-refractivity contribution in [2.24, 2.45) is 5.92 Å². The predicted molar refractivity (Wildman–Crippen MR) is 151 cm³/mol. The van der Waals surface area contributed by atoms with E-state index in [1.807, 2.05) is 107 Å². The van der Waals surface area contributed by atoms with Crippen LogP contribution >= 0.6 is 0 Å². The van der Waals surface area contributed by atoms with E-state index in [-0.39, 0.29) is 11.8 Å². The van der Waals surface area contributed by atoms with Gasteiger partial charge in [-0.25, -0.2) is 9.97 Å². The van der Waals surface area contributed by atoms with Gasteiger partial charge in [0.05, 0.1) is 12.5 Å². The Kier molecular flexibility index (Phi) is 7.07. The fourth-order valence-electron chi connectivity index (χ4n) is 5.06. The van der Waals surface area contributed by atoms with Gasteiger partial charge in [-0.15, -0.1) is 10.2 Å². The molecule has 6 rings (SSSR count). The topological polar surface area (TPSA) is 80.0 Å². The molecule has 0 N–H and O–H groups in total. The van der Waals surface area contributed by atoms with Crippen molar-refractivity contribution in [1.29, 1.82) is 0 Å². The molecule has 194 valence electrons. The van der Waals surface area contributed by atoms with Crippen LogP contribution in [0.15, 0.2) is 110 Å². The zero-order chi connectivity index (χ0) is 26.4. The first-order valence-electron chi connectivity index (χ1n) is 13.2. The number of hydrogen-bond donors (Lipinski definition) is 0. The molecule has 2 aromatic carbocycles. The third-order valence-electron chi connectivity index (χ3n) is 7.03. The number of nitrogens with zero attached hydrogens (tertiary/aromatic N) is 7. The summed E-state index contributed by atoms with van der Waals surface area (Å²) < 4.78 is 1.93. The van der Waals surface area contributed by atoms with E-state index in [4.69, 9.17) is 0 Å². The fourth-order valence-corrected chi connectivity index (χ4v) is 5.06. The van der Waals surface area contributed by atoms with Crippen molar-refractivity contribution in [3.63, 3.8) is 0 Å². The Balaban J connectivity index is 1.20. The van der Waals surface area contributed by atoms with Gasteiger partial charge in [-0.05, 0) is 42.7 Å². The van der Waals surface area contributed by atoms with Crippen LogP contribution in [0.25, 0.3) is 17.2 Å². The van der Waals surface area contributed by atoms with E-state index in [9.17, 15) is 4.79 Å². The SMILES string of the molecule is O=C(C1CCCN(c2ccc(-n3ccnc3-c3ccccc3)nn2)C1)N(Cc1ccccc1)c1ccccn1. The molecule has 39 heavy (non-hydrogen) atoms. The highest BCUT2D eigenvalue weighted by atomic mass is 16.2. The van der Waals surface area contributed by atoms with Gasteiger partial charge in [-0.3, -0.25) is 14.3 Å². The van der Waals surface area contributed by atoms with Crippen LogP contribution in [-0.2, 0) is 11.3 Å². The molecule has 0 aliphatic carbocycles. The Bertz CT molecular complexity index is 1510. The molecule has 1 aliphatic rings. The molecular weight excluding hydrogens is 486 g/mol. The molecule has 0 saturated carbocycles. The van der Waals surface area contributed by atoms with Crippen LogP contribution in [0.3, 0.4) is 0 Å². The lowest BCUT2D eigenvalue weighted by molar-refractivity contribution is -0.122. The zero-order valence-corrected chi connectivity index (χ0v) is 21.5. The minimum atomic E-state index is -0.163. The van der Waals surface area contributed by atoms with Crippen LogP contribution in [0.5, 0.6) is 0 Å². The maximum Gasteiger partial charge on any atom is 0.233 e. The van der Waals surface area contributed by atoms with E-state index >= 15 is 0 Å². The number of amides is 1. The van der Waals surface area contributed by atoms with Crippen molar-refractivity contribution in [2.45, 2.75) is 19.4 Å². The first-order chi connectivity index (χ1) is 19.3. The van der Waals surface area contributed by atoms with Crippen molar-refractivity contribution in [1.82, 2.24) is 24.7 Å². The minimum Gasteiger partial charge on any atom is -0.354 e. The molecule has 1 fully saturated rings. The van der Waals surface area contributed by atoms with Gasteiger partial charge < -0.3 is 4.90 Å². The molecule has 8 heteroatoms.